The van der Waals surface area contributed by atoms with Crippen LogP contribution in [0, 0.1) is 0 Å². The molecule has 16 heavy (non-hydrogen) atoms. The van der Waals surface area contributed by atoms with Crippen LogP contribution < -0.4 is 0 Å². The predicted molar refractivity (Wildman–Crippen MR) is 62.4 cm³/mol. The average molecular weight is 219 g/mol. The van der Waals surface area contributed by atoms with Crippen LogP contribution in [0.5, 0.6) is 0 Å². The minimum atomic E-state index is -0.275. The summed E-state index contributed by atoms with van der Waals surface area (Å²) in [6, 6.07) is 8.12. The summed E-state index contributed by atoms with van der Waals surface area (Å²) in [5, 5.41) is 0. The van der Waals surface area contributed by atoms with E-state index in [2.05, 4.69) is 16.6 Å². The number of hydrogen-bond donors (Lipinski definition) is 0. The van der Waals surface area contributed by atoms with Gasteiger partial charge < -0.3 is 4.74 Å². The lowest BCUT2D eigenvalue weighted by atomic mass is 10.0. The Kier molecular flexibility index (Phi) is 3.25. The van der Waals surface area contributed by atoms with Crippen molar-refractivity contribution in [2.75, 3.05) is 20.2 Å². The summed E-state index contributed by atoms with van der Waals surface area (Å²) in [6.07, 6.45) is 1.30. The number of rotatable bonds is 3. The van der Waals surface area contributed by atoms with Crippen LogP contribution in [0.25, 0.3) is 0 Å². The highest BCUT2D eigenvalue weighted by molar-refractivity contribution is 5.89. The van der Waals surface area contributed by atoms with Crippen LogP contribution in [-0.2, 0) is 4.74 Å². The number of carbonyl (C=O) groups is 1. The van der Waals surface area contributed by atoms with Crippen molar-refractivity contribution >= 4 is 5.97 Å². The number of hydrogen-bond acceptors (Lipinski definition) is 3. The highest BCUT2D eigenvalue weighted by atomic mass is 16.5. The van der Waals surface area contributed by atoms with E-state index in [-0.39, 0.29) is 5.97 Å². The summed E-state index contributed by atoms with van der Waals surface area (Å²) in [6.45, 7) is 4.56. The number of methoxy groups -OCH3 is 1. The van der Waals surface area contributed by atoms with Crippen LogP contribution in [-0.4, -0.2) is 31.1 Å². The van der Waals surface area contributed by atoms with Gasteiger partial charge in [-0.05, 0) is 44.1 Å². The first-order chi connectivity index (χ1) is 7.72. The SMILES string of the molecule is COC(=O)c1ccc([C@H](C)N2CCC2)cc1. The van der Waals surface area contributed by atoms with Crippen LogP contribution in [0.15, 0.2) is 24.3 Å². The summed E-state index contributed by atoms with van der Waals surface area (Å²) in [7, 11) is 1.40. The molecule has 0 radical (unpaired) electrons. The smallest absolute Gasteiger partial charge is 0.337 e. The van der Waals surface area contributed by atoms with Crippen molar-refractivity contribution in [2.24, 2.45) is 0 Å². The molecule has 1 atom stereocenters. The third-order valence-corrected chi connectivity index (χ3v) is 3.25. The summed E-state index contributed by atoms with van der Waals surface area (Å²) in [5.41, 5.74) is 1.87. The van der Waals surface area contributed by atoms with E-state index in [0.717, 1.165) is 0 Å². The molecule has 0 aromatic heterocycles. The molecule has 0 unspecified atom stereocenters. The molecule has 3 nitrogen and oxygen atoms in total. The lowest BCUT2D eigenvalue weighted by molar-refractivity contribution is 0.0600. The monoisotopic (exact) mass is 219 g/mol. The molecule has 0 N–H and O–H groups in total. The molecule has 0 amide bonds. The number of esters is 1. The third kappa shape index (κ3) is 2.09. The molecule has 1 saturated heterocycles. The average Bonchev–Trinajstić information content (AvgIpc) is 2.26. The quantitative estimate of drug-likeness (QED) is 0.730. The second kappa shape index (κ2) is 4.66. The molecular weight excluding hydrogens is 202 g/mol. The summed E-state index contributed by atoms with van der Waals surface area (Å²) >= 11 is 0. The van der Waals surface area contributed by atoms with E-state index in [1.165, 1.54) is 32.2 Å². The number of likely N-dealkylation sites (tertiary alicyclic amines) is 1. The molecule has 1 aliphatic rings. The van der Waals surface area contributed by atoms with E-state index in [1.54, 1.807) is 0 Å². The highest BCUT2D eigenvalue weighted by Gasteiger charge is 2.21. The van der Waals surface area contributed by atoms with Gasteiger partial charge in [0.2, 0.25) is 0 Å². The highest BCUT2D eigenvalue weighted by Crippen LogP contribution is 2.25. The minimum absolute atomic E-state index is 0.275. The summed E-state index contributed by atoms with van der Waals surface area (Å²) in [5.74, 6) is -0.275. The van der Waals surface area contributed by atoms with Gasteiger partial charge in [-0.3, -0.25) is 4.90 Å². The molecule has 1 heterocycles. The Labute approximate surface area is 96.0 Å². The van der Waals surface area contributed by atoms with Gasteiger partial charge in [0.1, 0.15) is 0 Å². The maximum absolute atomic E-state index is 11.3. The molecule has 0 spiro atoms. The fraction of sp³-hybridized carbons (Fsp3) is 0.462. The predicted octanol–water partition coefficient (Wildman–Crippen LogP) is 2.24. The van der Waals surface area contributed by atoms with Crippen molar-refractivity contribution in [3.8, 4) is 0 Å². The topological polar surface area (TPSA) is 29.5 Å². The van der Waals surface area contributed by atoms with Gasteiger partial charge in [-0.25, -0.2) is 4.79 Å². The van der Waals surface area contributed by atoms with Crippen molar-refractivity contribution in [1.82, 2.24) is 4.90 Å². The van der Waals surface area contributed by atoms with Gasteiger partial charge in [0, 0.05) is 6.04 Å². The number of carbonyl (C=O) groups excluding carboxylic acids is 1. The molecule has 1 aliphatic heterocycles. The molecule has 0 bridgehead atoms. The van der Waals surface area contributed by atoms with Crippen LogP contribution in [0.2, 0.25) is 0 Å². The first-order valence-corrected chi connectivity index (χ1v) is 5.64. The van der Waals surface area contributed by atoms with Gasteiger partial charge >= 0.3 is 5.97 Å². The first kappa shape index (κ1) is 11.1. The Morgan fingerprint density at radius 3 is 2.38 bits per heavy atom. The Morgan fingerprint density at radius 1 is 1.31 bits per heavy atom. The molecule has 0 saturated carbocycles. The number of ether oxygens (including phenoxy) is 1. The lowest BCUT2D eigenvalue weighted by Gasteiger charge is -2.36. The van der Waals surface area contributed by atoms with E-state index in [4.69, 9.17) is 0 Å². The van der Waals surface area contributed by atoms with Gasteiger partial charge in [-0.15, -0.1) is 0 Å². The van der Waals surface area contributed by atoms with Gasteiger partial charge in [0.25, 0.3) is 0 Å². The Hall–Kier alpha value is -1.35. The molecule has 0 aliphatic carbocycles. The standard InChI is InChI=1S/C13H17NO2/c1-10(14-8-3-9-14)11-4-6-12(7-5-11)13(15)16-2/h4-7,10H,3,8-9H2,1-2H3/t10-/m0/s1. The Morgan fingerprint density at radius 2 is 1.94 bits per heavy atom. The summed E-state index contributed by atoms with van der Waals surface area (Å²) < 4.78 is 4.67. The van der Waals surface area contributed by atoms with Crippen molar-refractivity contribution in [1.29, 1.82) is 0 Å². The normalized spacial score (nSPS) is 17.6. The molecule has 1 aromatic rings. The first-order valence-electron chi connectivity index (χ1n) is 5.64. The third-order valence-electron chi connectivity index (χ3n) is 3.25. The van der Waals surface area contributed by atoms with E-state index in [0.29, 0.717) is 11.6 Å². The minimum Gasteiger partial charge on any atom is -0.465 e. The second-order valence-electron chi connectivity index (χ2n) is 4.18. The van der Waals surface area contributed by atoms with E-state index in [9.17, 15) is 4.79 Å². The van der Waals surface area contributed by atoms with Gasteiger partial charge in [0.15, 0.2) is 0 Å². The molecule has 3 heteroatoms. The van der Waals surface area contributed by atoms with Gasteiger partial charge in [0.05, 0.1) is 12.7 Å². The zero-order valence-electron chi connectivity index (χ0n) is 9.77. The van der Waals surface area contributed by atoms with Crippen LogP contribution in [0.1, 0.15) is 35.3 Å². The van der Waals surface area contributed by atoms with E-state index >= 15 is 0 Å². The van der Waals surface area contributed by atoms with Crippen molar-refractivity contribution < 1.29 is 9.53 Å². The molecule has 2 rings (SSSR count). The van der Waals surface area contributed by atoms with Crippen LogP contribution >= 0.6 is 0 Å². The van der Waals surface area contributed by atoms with E-state index < -0.39 is 0 Å². The maximum Gasteiger partial charge on any atom is 0.337 e. The van der Waals surface area contributed by atoms with Gasteiger partial charge in [-0.1, -0.05) is 12.1 Å². The van der Waals surface area contributed by atoms with E-state index in [1.807, 2.05) is 24.3 Å². The second-order valence-corrected chi connectivity index (χ2v) is 4.18. The summed E-state index contributed by atoms with van der Waals surface area (Å²) in [4.78, 5) is 13.7. The molecule has 86 valence electrons. The van der Waals surface area contributed by atoms with Gasteiger partial charge in [-0.2, -0.15) is 0 Å². The zero-order chi connectivity index (χ0) is 11.5. The zero-order valence-corrected chi connectivity index (χ0v) is 9.77. The van der Waals surface area contributed by atoms with Crippen molar-refractivity contribution in [3.05, 3.63) is 35.4 Å². The number of nitrogens with zero attached hydrogens (tertiary/aromatic N) is 1. The largest absolute Gasteiger partial charge is 0.465 e. The van der Waals surface area contributed by atoms with Crippen LogP contribution in [0.4, 0.5) is 0 Å². The fourth-order valence-electron chi connectivity index (χ4n) is 1.95. The maximum atomic E-state index is 11.3. The van der Waals surface area contributed by atoms with Crippen molar-refractivity contribution in [2.45, 2.75) is 19.4 Å². The Bertz CT molecular complexity index is 368. The number of benzene rings is 1. The molecule has 1 aromatic carbocycles. The molecule has 1 fully saturated rings. The fourth-order valence-corrected chi connectivity index (χ4v) is 1.95. The Balaban J connectivity index is 2.09. The van der Waals surface area contributed by atoms with Crippen LogP contribution in [0.3, 0.4) is 0 Å². The molecular formula is C13H17NO2. The van der Waals surface area contributed by atoms with Crippen molar-refractivity contribution in [3.63, 3.8) is 0 Å². The lowest BCUT2D eigenvalue weighted by Crippen LogP contribution is -2.38.